The van der Waals surface area contributed by atoms with E-state index in [-0.39, 0.29) is 33.4 Å². The predicted octanol–water partition coefficient (Wildman–Crippen LogP) is 6.79. The Hall–Kier alpha value is 0.181. The van der Waals surface area contributed by atoms with Crippen LogP contribution in [-0.4, -0.2) is 67.4 Å². The Morgan fingerprint density at radius 2 is 1.26 bits per heavy atom. The fourth-order valence-corrected chi connectivity index (χ4v) is 7.00. The van der Waals surface area contributed by atoms with E-state index in [0.717, 1.165) is 0 Å². The van der Waals surface area contributed by atoms with Gasteiger partial charge in [-0.15, -0.1) is 0 Å². The molecule has 2 fully saturated rings. The first-order chi connectivity index (χ1) is 15.4. The largest absolute Gasteiger partial charge is 0.460 e. The van der Waals surface area contributed by atoms with Gasteiger partial charge in [-0.25, -0.2) is 0 Å². The third-order valence-electron chi connectivity index (χ3n) is 9.14. The van der Waals surface area contributed by atoms with E-state index in [1.807, 2.05) is 0 Å². The molecule has 0 aromatic rings. The van der Waals surface area contributed by atoms with Gasteiger partial charge in [0.25, 0.3) is 5.17 Å². The van der Waals surface area contributed by atoms with Crippen molar-refractivity contribution in [2.75, 3.05) is 13.2 Å². The molecule has 0 amide bonds. The first-order valence-electron chi connectivity index (χ1n) is 13.0. The Labute approximate surface area is 223 Å². The lowest BCUT2D eigenvalue weighted by Gasteiger charge is -2.41. The van der Waals surface area contributed by atoms with Crippen LogP contribution in [0.4, 0.5) is 0 Å². The highest BCUT2D eigenvalue weighted by molar-refractivity contribution is 7.80. The van der Waals surface area contributed by atoms with E-state index in [4.69, 9.17) is 35.0 Å². The maximum absolute atomic E-state index is 6.99. The third kappa shape index (κ3) is 6.61. The number of hydrogen-bond acceptors (Lipinski definition) is 6. The fourth-order valence-electron chi connectivity index (χ4n) is 3.39. The minimum atomic E-state index is -2.14. The van der Waals surface area contributed by atoms with Crippen molar-refractivity contribution in [1.82, 2.24) is 5.32 Å². The zero-order valence-corrected chi connectivity index (χ0v) is 28.9. The van der Waals surface area contributed by atoms with Crippen LogP contribution in [0.3, 0.4) is 0 Å². The molecule has 0 aromatic carbocycles. The fraction of sp³-hybridized carbons (Fsp3) is 0.960. The summed E-state index contributed by atoms with van der Waals surface area (Å²) in [6, 6.07) is 0. The predicted molar refractivity (Wildman–Crippen MR) is 157 cm³/mol. The molecule has 0 radical (unpaired) electrons. The summed E-state index contributed by atoms with van der Waals surface area (Å²) >= 11 is 5.48. The molecule has 4 atom stereocenters. The van der Waals surface area contributed by atoms with Gasteiger partial charge in [0.05, 0.1) is 13.2 Å². The van der Waals surface area contributed by atoms with E-state index >= 15 is 0 Å². The van der Waals surface area contributed by atoms with Crippen molar-refractivity contribution in [3.05, 3.63) is 0 Å². The van der Waals surface area contributed by atoms with E-state index in [0.29, 0.717) is 18.4 Å². The van der Waals surface area contributed by atoms with Crippen molar-refractivity contribution in [2.45, 2.75) is 141 Å². The molecule has 6 nitrogen and oxygen atoms in total. The van der Waals surface area contributed by atoms with E-state index in [2.05, 4.69) is 107 Å². The van der Waals surface area contributed by atoms with Crippen molar-refractivity contribution < 1.29 is 22.8 Å². The van der Waals surface area contributed by atoms with Gasteiger partial charge in [0.1, 0.15) is 12.2 Å². The monoisotopic (exact) mass is 563 g/mol. The molecule has 0 unspecified atom stereocenters. The van der Waals surface area contributed by atoms with Crippen LogP contribution in [0.1, 0.15) is 62.3 Å². The molecule has 35 heavy (non-hydrogen) atoms. The summed E-state index contributed by atoms with van der Waals surface area (Å²) in [7, 11) is -6.14. The molecular formula is C25H53NO5SSi3. The Morgan fingerprint density at radius 3 is 1.71 bits per heavy atom. The van der Waals surface area contributed by atoms with Crippen LogP contribution in [0, 0.1) is 0 Å². The molecule has 2 aliphatic rings. The van der Waals surface area contributed by atoms with E-state index in [1.54, 1.807) is 0 Å². The van der Waals surface area contributed by atoms with Gasteiger partial charge in [0.15, 0.2) is 31.1 Å². The maximum Gasteiger partial charge on any atom is 0.259 e. The van der Waals surface area contributed by atoms with Gasteiger partial charge in [-0.05, 0) is 66.6 Å². The molecule has 0 spiro atoms. The standard InChI is InChI=1S/C25H53NO5SSi3/c1-22(2,3)33(10,11)27-16-18-19(31-35(14,15)24(7,8)9)20-25(30-18,26-21(32)29-20)17-28-34(12,13)23(4,5)6/h18-20H,16-17H2,1-15H3,(H,26,32)/t18-,19+,20-,25+/m0/s1. The first kappa shape index (κ1) is 31.4. The van der Waals surface area contributed by atoms with Crippen LogP contribution in [0.5, 0.6) is 0 Å². The minimum Gasteiger partial charge on any atom is -0.460 e. The SMILES string of the molecule is CC(C)(C)[Si](C)(C)OC[C@@H]1O[C@@]2(CO[Si](C)(C)C(C)(C)C)NC(=S)O[C@H]2[C@@H]1O[Si](C)(C)C(C)(C)C. The lowest BCUT2D eigenvalue weighted by molar-refractivity contribution is -0.102. The molecule has 0 aliphatic carbocycles. The van der Waals surface area contributed by atoms with Gasteiger partial charge in [-0.2, -0.15) is 0 Å². The number of hydrogen-bond donors (Lipinski definition) is 1. The minimum absolute atomic E-state index is 0.0489. The van der Waals surface area contributed by atoms with Gasteiger partial charge in [-0.3, -0.25) is 0 Å². The maximum atomic E-state index is 6.99. The van der Waals surface area contributed by atoms with Gasteiger partial charge in [0.2, 0.25) is 5.72 Å². The molecule has 1 N–H and O–H groups in total. The van der Waals surface area contributed by atoms with Crippen LogP contribution in [-0.2, 0) is 22.8 Å². The number of rotatable bonds is 8. The molecule has 0 saturated carbocycles. The van der Waals surface area contributed by atoms with Gasteiger partial charge in [-0.1, -0.05) is 62.3 Å². The highest BCUT2D eigenvalue weighted by atomic mass is 32.1. The van der Waals surface area contributed by atoms with Crippen LogP contribution < -0.4 is 5.32 Å². The molecular weight excluding hydrogens is 511 g/mol. The summed E-state index contributed by atoms with van der Waals surface area (Å²) in [5, 5.41) is 3.93. The van der Waals surface area contributed by atoms with E-state index in [9.17, 15) is 0 Å². The molecule has 2 saturated heterocycles. The average molecular weight is 564 g/mol. The quantitative estimate of drug-likeness (QED) is 0.258. The zero-order valence-electron chi connectivity index (χ0n) is 25.1. The van der Waals surface area contributed by atoms with Crippen LogP contribution >= 0.6 is 12.2 Å². The second-order valence-electron chi connectivity index (χ2n) is 15.0. The number of fused-ring (bicyclic) bond motifs is 1. The van der Waals surface area contributed by atoms with E-state index < -0.39 is 30.7 Å². The van der Waals surface area contributed by atoms with Crippen molar-refractivity contribution in [3.8, 4) is 0 Å². The average Bonchev–Trinajstić information content (AvgIpc) is 3.08. The van der Waals surface area contributed by atoms with Crippen molar-refractivity contribution >= 4 is 42.3 Å². The summed E-state index contributed by atoms with van der Waals surface area (Å²) in [5.74, 6) is 0. The Bertz CT molecular complexity index is 785. The lowest BCUT2D eigenvalue weighted by Crippen LogP contribution is -2.56. The molecule has 2 rings (SSSR count). The van der Waals surface area contributed by atoms with Gasteiger partial charge in [0, 0.05) is 0 Å². The Balaban J connectivity index is 2.40. The second-order valence-corrected chi connectivity index (χ2v) is 29.7. The van der Waals surface area contributed by atoms with Crippen molar-refractivity contribution in [2.24, 2.45) is 0 Å². The molecule has 10 heteroatoms. The highest BCUT2D eigenvalue weighted by Gasteiger charge is 2.64. The first-order valence-corrected chi connectivity index (χ1v) is 22.1. The summed E-state index contributed by atoms with van der Waals surface area (Å²) in [4.78, 5) is 0. The molecule has 0 aromatic heterocycles. The normalized spacial score (nSPS) is 28.7. The van der Waals surface area contributed by atoms with Gasteiger partial charge >= 0.3 is 0 Å². The zero-order chi connectivity index (χ0) is 27.5. The Kier molecular flexibility index (Phi) is 8.73. The Morgan fingerprint density at radius 1 is 0.800 bits per heavy atom. The van der Waals surface area contributed by atoms with Crippen molar-refractivity contribution in [3.63, 3.8) is 0 Å². The topological polar surface area (TPSA) is 58.2 Å². The summed E-state index contributed by atoms with van der Waals surface area (Å²) in [6.45, 7) is 34.7. The van der Waals surface area contributed by atoms with Crippen LogP contribution in [0.15, 0.2) is 0 Å². The summed E-state index contributed by atoms with van der Waals surface area (Å²) < 4.78 is 33.3. The lowest BCUT2D eigenvalue weighted by atomic mass is 10.0. The molecule has 2 aliphatic heterocycles. The van der Waals surface area contributed by atoms with Crippen LogP contribution in [0.25, 0.3) is 0 Å². The summed E-state index contributed by atoms with van der Waals surface area (Å²) in [5.41, 5.74) is -0.874. The van der Waals surface area contributed by atoms with Crippen molar-refractivity contribution in [1.29, 1.82) is 0 Å². The van der Waals surface area contributed by atoms with E-state index in [1.165, 1.54) is 0 Å². The number of nitrogens with one attached hydrogen (secondary N) is 1. The molecule has 0 bridgehead atoms. The van der Waals surface area contributed by atoms with Crippen LogP contribution in [0.2, 0.25) is 54.4 Å². The second kappa shape index (κ2) is 9.73. The summed E-state index contributed by atoms with van der Waals surface area (Å²) in [6.07, 6.45) is -0.958. The highest BCUT2D eigenvalue weighted by Crippen LogP contribution is 2.46. The number of ether oxygens (including phenoxy) is 2. The smallest absolute Gasteiger partial charge is 0.259 e. The molecule has 206 valence electrons. The third-order valence-corrected chi connectivity index (χ3v) is 22.8. The number of thiocarbonyl (C=S) groups is 1. The molecule has 2 heterocycles. The van der Waals surface area contributed by atoms with Gasteiger partial charge < -0.3 is 28.1 Å².